The van der Waals surface area contributed by atoms with Gasteiger partial charge in [0, 0.05) is 0 Å². The van der Waals surface area contributed by atoms with Crippen molar-refractivity contribution in [3.05, 3.63) is 70.8 Å². The number of benzene rings is 2. The van der Waals surface area contributed by atoms with Crippen molar-refractivity contribution in [1.29, 1.82) is 0 Å². The van der Waals surface area contributed by atoms with E-state index in [1.807, 2.05) is 27.7 Å². The van der Waals surface area contributed by atoms with Gasteiger partial charge in [-0.25, -0.2) is 0 Å². The minimum atomic E-state index is 1.10. The lowest BCUT2D eigenvalue weighted by Gasteiger charge is -1.98. The van der Waals surface area contributed by atoms with Gasteiger partial charge in [0.2, 0.25) is 0 Å². The SMILES string of the molecule is CC.CC.CCc1ccc(C=Cc2ccc(C)cc2)cc1. The third-order valence-corrected chi connectivity index (χ3v) is 2.93. The second-order valence-electron chi connectivity index (χ2n) is 4.34. The van der Waals surface area contributed by atoms with E-state index in [1.54, 1.807) is 0 Å². The van der Waals surface area contributed by atoms with Crippen LogP contribution in [0.4, 0.5) is 0 Å². The Balaban J connectivity index is 0.000000921. The average molecular weight is 282 g/mol. The predicted octanol–water partition coefficient (Wildman–Crippen LogP) is 6.78. The summed E-state index contributed by atoms with van der Waals surface area (Å²) >= 11 is 0. The van der Waals surface area contributed by atoms with E-state index in [9.17, 15) is 0 Å². The lowest BCUT2D eigenvalue weighted by Crippen LogP contribution is -1.79. The summed E-state index contributed by atoms with van der Waals surface area (Å²) < 4.78 is 0. The minimum absolute atomic E-state index is 1.10. The first-order valence-electron chi connectivity index (χ1n) is 8.11. The zero-order valence-corrected chi connectivity index (χ0v) is 14.5. The van der Waals surface area contributed by atoms with Gasteiger partial charge in [0.1, 0.15) is 0 Å². The van der Waals surface area contributed by atoms with Gasteiger partial charge in [-0.05, 0) is 30.0 Å². The van der Waals surface area contributed by atoms with Crippen LogP contribution in [0.15, 0.2) is 48.5 Å². The second kappa shape index (κ2) is 12.0. The molecule has 0 nitrogen and oxygen atoms in total. The number of hydrogen-bond acceptors (Lipinski definition) is 0. The molecule has 0 radical (unpaired) electrons. The topological polar surface area (TPSA) is 0 Å². The molecule has 0 aliphatic heterocycles. The van der Waals surface area contributed by atoms with Gasteiger partial charge in [0.15, 0.2) is 0 Å². The molecule has 114 valence electrons. The van der Waals surface area contributed by atoms with Crippen molar-refractivity contribution in [1.82, 2.24) is 0 Å². The molecule has 0 fully saturated rings. The first-order valence-corrected chi connectivity index (χ1v) is 8.11. The van der Waals surface area contributed by atoms with Crippen molar-refractivity contribution >= 4 is 12.2 Å². The number of hydrogen-bond donors (Lipinski definition) is 0. The van der Waals surface area contributed by atoms with Crippen molar-refractivity contribution in [3.63, 3.8) is 0 Å². The van der Waals surface area contributed by atoms with Crippen LogP contribution in [0.1, 0.15) is 56.9 Å². The molecule has 0 bridgehead atoms. The maximum atomic E-state index is 2.19. The van der Waals surface area contributed by atoms with E-state index < -0.39 is 0 Å². The van der Waals surface area contributed by atoms with Gasteiger partial charge in [0.25, 0.3) is 0 Å². The van der Waals surface area contributed by atoms with Crippen LogP contribution in [-0.2, 0) is 6.42 Å². The van der Waals surface area contributed by atoms with E-state index in [0.29, 0.717) is 0 Å². The largest absolute Gasteiger partial charge is 0.0683 e. The lowest BCUT2D eigenvalue weighted by molar-refractivity contribution is 1.14. The highest BCUT2D eigenvalue weighted by Crippen LogP contribution is 2.10. The third-order valence-electron chi connectivity index (χ3n) is 2.93. The highest BCUT2D eigenvalue weighted by molar-refractivity contribution is 5.69. The molecule has 0 aliphatic carbocycles. The van der Waals surface area contributed by atoms with Crippen LogP contribution >= 0.6 is 0 Å². The van der Waals surface area contributed by atoms with E-state index in [4.69, 9.17) is 0 Å². The van der Waals surface area contributed by atoms with E-state index in [2.05, 4.69) is 74.5 Å². The quantitative estimate of drug-likeness (QED) is 0.544. The van der Waals surface area contributed by atoms with Crippen LogP contribution in [0.25, 0.3) is 12.2 Å². The summed E-state index contributed by atoms with van der Waals surface area (Å²) in [6.45, 7) is 12.3. The maximum Gasteiger partial charge on any atom is -0.0256 e. The summed E-state index contributed by atoms with van der Waals surface area (Å²) in [6, 6.07) is 17.3. The van der Waals surface area contributed by atoms with E-state index >= 15 is 0 Å². The van der Waals surface area contributed by atoms with Gasteiger partial charge in [0.05, 0.1) is 0 Å². The Morgan fingerprint density at radius 3 is 1.43 bits per heavy atom. The van der Waals surface area contributed by atoms with Crippen LogP contribution in [0.5, 0.6) is 0 Å². The molecule has 2 aromatic carbocycles. The van der Waals surface area contributed by atoms with Crippen LogP contribution < -0.4 is 0 Å². The fourth-order valence-corrected chi connectivity index (χ4v) is 1.73. The summed E-state index contributed by atoms with van der Waals surface area (Å²) in [5.41, 5.74) is 5.19. The molecule has 0 unspecified atom stereocenters. The first-order chi connectivity index (χ1) is 10.3. The smallest absolute Gasteiger partial charge is 0.0256 e. The second-order valence-corrected chi connectivity index (χ2v) is 4.34. The van der Waals surface area contributed by atoms with Gasteiger partial charge < -0.3 is 0 Å². The summed E-state index contributed by atoms with van der Waals surface area (Å²) in [6.07, 6.45) is 5.41. The van der Waals surface area contributed by atoms with E-state index in [0.717, 1.165) is 6.42 Å². The van der Waals surface area contributed by atoms with Crippen LogP contribution in [0.2, 0.25) is 0 Å². The highest BCUT2D eigenvalue weighted by atomic mass is 14.0. The summed E-state index contributed by atoms with van der Waals surface area (Å²) in [5.74, 6) is 0. The molecule has 0 saturated heterocycles. The van der Waals surface area contributed by atoms with Gasteiger partial charge in [-0.15, -0.1) is 0 Å². The van der Waals surface area contributed by atoms with Crippen molar-refractivity contribution in [2.24, 2.45) is 0 Å². The molecule has 0 saturated carbocycles. The Hall–Kier alpha value is -1.82. The molecule has 0 N–H and O–H groups in total. The molecule has 0 aliphatic rings. The van der Waals surface area contributed by atoms with Crippen LogP contribution in [-0.4, -0.2) is 0 Å². The number of aryl methyl sites for hydroxylation is 2. The maximum absolute atomic E-state index is 2.19. The van der Waals surface area contributed by atoms with Crippen LogP contribution in [0, 0.1) is 6.92 Å². The van der Waals surface area contributed by atoms with Gasteiger partial charge >= 0.3 is 0 Å². The zero-order chi connectivity index (χ0) is 16.1. The van der Waals surface area contributed by atoms with Crippen molar-refractivity contribution in [3.8, 4) is 0 Å². The zero-order valence-electron chi connectivity index (χ0n) is 14.5. The lowest BCUT2D eigenvalue weighted by atomic mass is 10.1. The normalized spacial score (nSPS) is 9.43. The predicted molar refractivity (Wildman–Crippen MR) is 98.6 cm³/mol. The van der Waals surface area contributed by atoms with Crippen molar-refractivity contribution in [2.45, 2.75) is 48.0 Å². The fourth-order valence-electron chi connectivity index (χ4n) is 1.73. The third kappa shape index (κ3) is 7.51. The Morgan fingerprint density at radius 1 is 0.667 bits per heavy atom. The Kier molecular flexibility index (Phi) is 10.9. The van der Waals surface area contributed by atoms with Crippen molar-refractivity contribution in [2.75, 3.05) is 0 Å². The molecule has 0 heterocycles. The van der Waals surface area contributed by atoms with Crippen LogP contribution in [0.3, 0.4) is 0 Å². The molecule has 0 heteroatoms. The Bertz CT molecular complexity index is 487. The summed E-state index contributed by atoms with van der Waals surface area (Å²) in [5, 5.41) is 0. The van der Waals surface area contributed by atoms with Crippen molar-refractivity contribution < 1.29 is 0 Å². The molecular weight excluding hydrogens is 252 g/mol. The van der Waals surface area contributed by atoms with Gasteiger partial charge in [-0.3, -0.25) is 0 Å². The molecule has 21 heavy (non-hydrogen) atoms. The Labute approximate surface area is 131 Å². The standard InChI is InChI=1S/C17H18.2C2H6/c1-3-15-8-10-17(11-9-15)13-12-16-6-4-14(2)5-7-16;2*1-2/h4-13H,3H2,1-2H3;2*1-2H3. The molecular formula is C21H30. The minimum Gasteiger partial charge on any atom is -0.0683 e. The molecule has 2 aromatic rings. The number of rotatable bonds is 3. The van der Waals surface area contributed by atoms with Gasteiger partial charge in [-0.2, -0.15) is 0 Å². The summed E-state index contributed by atoms with van der Waals surface area (Å²) in [4.78, 5) is 0. The molecule has 0 aromatic heterocycles. The van der Waals surface area contributed by atoms with Gasteiger partial charge in [-0.1, -0.05) is 101 Å². The first kappa shape index (κ1) is 19.2. The van der Waals surface area contributed by atoms with E-state index in [1.165, 1.54) is 22.3 Å². The fraction of sp³-hybridized carbons (Fsp3) is 0.333. The monoisotopic (exact) mass is 282 g/mol. The summed E-state index contributed by atoms with van der Waals surface area (Å²) in [7, 11) is 0. The molecule has 2 rings (SSSR count). The highest BCUT2D eigenvalue weighted by Gasteiger charge is 1.90. The molecule has 0 amide bonds. The Morgan fingerprint density at radius 2 is 1.05 bits per heavy atom. The molecule has 0 atom stereocenters. The molecule has 0 spiro atoms. The van der Waals surface area contributed by atoms with E-state index in [-0.39, 0.29) is 0 Å². The average Bonchev–Trinajstić information content (AvgIpc) is 2.58.